The van der Waals surface area contributed by atoms with Crippen LogP contribution in [0, 0.1) is 5.82 Å². The molecule has 1 aromatic rings. The van der Waals surface area contributed by atoms with Gasteiger partial charge in [-0.3, -0.25) is 15.8 Å². The number of hydrogen-bond donors (Lipinski definition) is 3. The van der Waals surface area contributed by atoms with Crippen molar-refractivity contribution in [3.05, 3.63) is 24.0 Å². The number of nitrogens with zero attached hydrogens (tertiary/aromatic N) is 3. The van der Waals surface area contributed by atoms with E-state index in [1.807, 2.05) is 0 Å². The Morgan fingerprint density at radius 1 is 1.50 bits per heavy atom. The second kappa shape index (κ2) is 5.10. The molecule has 18 heavy (non-hydrogen) atoms. The molecule has 0 amide bonds. The molecule has 0 fully saturated rings. The molecule has 1 unspecified atom stereocenters. The normalized spacial score (nSPS) is 18.9. The maximum absolute atomic E-state index is 12.9. The van der Waals surface area contributed by atoms with Crippen LogP contribution in [0.1, 0.15) is 0 Å². The standard InChI is InChI=1S/C10H12FN6P/c1-13-10-8(9(12)16-17-10)15-14-6-3-2-5(11)4-7(6)18/h2-4,14H,18H2,1H3,(H3,12,13,15,16,17). The van der Waals surface area contributed by atoms with Crippen LogP contribution in [0.15, 0.2) is 33.4 Å². The Labute approximate surface area is 105 Å². The maximum atomic E-state index is 12.9. The Bertz CT molecular complexity index is 565. The molecule has 1 aromatic carbocycles. The van der Waals surface area contributed by atoms with Gasteiger partial charge in [0.15, 0.2) is 17.4 Å². The predicted molar refractivity (Wildman–Crippen MR) is 74.9 cm³/mol. The lowest BCUT2D eigenvalue weighted by molar-refractivity contribution is 0.629. The number of halogens is 1. The second-order valence-electron chi connectivity index (χ2n) is 3.48. The van der Waals surface area contributed by atoms with E-state index in [1.165, 1.54) is 12.1 Å². The Morgan fingerprint density at radius 2 is 2.28 bits per heavy atom. The summed E-state index contributed by atoms with van der Waals surface area (Å²) in [5, 5.41) is 8.56. The van der Waals surface area contributed by atoms with Crippen LogP contribution in [0.2, 0.25) is 0 Å². The van der Waals surface area contributed by atoms with E-state index in [2.05, 4.69) is 35.3 Å². The minimum atomic E-state index is -0.308. The van der Waals surface area contributed by atoms with Crippen molar-refractivity contribution in [3.63, 3.8) is 0 Å². The van der Waals surface area contributed by atoms with Crippen molar-refractivity contribution in [2.24, 2.45) is 20.9 Å². The molecule has 0 saturated heterocycles. The first kappa shape index (κ1) is 12.4. The van der Waals surface area contributed by atoms with Gasteiger partial charge < -0.3 is 5.73 Å². The fourth-order valence-corrected chi connectivity index (χ4v) is 1.68. The highest BCUT2D eigenvalue weighted by Gasteiger charge is 2.19. The van der Waals surface area contributed by atoms with E-state index in [0.717, 1.165) is 0 Å². The molecule has 8 heteroatoms. The molecular formula is C10H12FN6P. The summed E-state index contributed by atoms with van der Waals surface area (Å²) in [5.74, 6) is 0.417. The number of amidine groups is 2. The number of anilines is 1. The van der Waals surface area contributed by atoms with Gasteiger partial charge in [0, 0.05) is 7.05 Å². The van der Waals surface area contributed by atoms with E-state index in [1.54, 1.807) is 13.1 Å². The van der Waals surface area contributed by atoms with Gasteiger partial charge in [-0.05, 0) is 23.5 Å². The predicted octanol–water partition coefficient (Wildman–Crippen LogP) is -0.00230. The summed E-state index contributed by atoms with van der Waals surface area (Å²) < 4.78 is 12.9. The smallest absolute Gasteiger partial charge is 0.175 e. The number of hydrogen-bond acceptors (Lipinski definition) is 5. The summed E-state index contributed by atoms with van der Waals surface area (Å²) >= 11 is 0. The van der Waals surface area contributed by atoms with Crippen molar-refractivity contribution in [1.29, 1.82) is 0 Å². The molecule has 0 aliphatic carbocycles. The van der Waals surface area contributed by atoms with Crippen molar-refractivity contribution in [1.82, 2.24) is 5.43 Å². The zero-order chi connectivity index (χ0) is 13.1. The van der Waals surface area contributed by atoms with Crippen LogP contribution >= 0.6 is 9.24 Å². The largest absolute Gasteiger partial charge is 0.380 e. The highest BCUT2D eigenvalue weighted by atomic mass is 31.0. The maximum Gasteiger partial charge on any atom is 0.175 e. The molecule has 0 aromatic heterocycles. The molecule has 94 valence electrons. The van der Waals surface area contributed by atoms with E-state index in [0.29, 0.717) is 22.5 Å². The van der Waals surface area contributed by atoms with Crippen LogP contribution in [-0.4, -0.2) is 24.4 Å². The number of nitrogens with two attached hydrogens (primary N) is 1. The topological polar surface area (TPSA) is 87.2 Å². The number of aliphatic imine (C=N–C) groups is 1. The monoisotopic (exact) mass is 266 g/mol. The van der Waals surface area contributed by atoms with Crippen LogP contribution in [0.4, 0.5) is 10.1 Å². The molecule has 1 aliphatic rings. The van der Waals surface area contributed by atoms with E-state index < -0.39 is 0 Å². The van der Waals surface area contributed by atoms with E-state index in [-0.39, 0.29) is 11.7 Å². The highest BCUT2D eigenvalue weighted by molar-refractivity contribution is 7.28. The van der Waals surface area contributed by atoms with Gasteiger partial charge in [-0.2, -0.15) is 10.2 Å². The van der Waals surface area contributed by atoms with Crippen LogP contribution in [0.5, 0.6) is 0 Å². The number of rotatable bonds is 2. The average molecular weight is 266 g/mol. The van der Waals surface area contributed by atoms with Gasteiger partial charge in [-0.25, -0.2) is 4.39 Å². The lowest BCUT2D eigenvalue weighted by Gasteiger charge is -2.05. The van der Waals surface area contributed by atoms with Gasteiger partial charge in [0.05, 0.1) is 5.69 Å². The minimum Gasteiger partial charge on any atom is -0.380 e. The van der Waals surface area contributed by atoms with Crippen molar-refractivity contribution < 1.29 is 4.39 Å². The van der Waals surface area contributed by atoms with Gasteiger partial charge in [0.2, 0.25) is 0 Å². The molecule has 1 heterocycles. The van der Waals surface area contributed by atoms with Gasteiger partial charge >= 0.3 is 0 Å². The summed E-state index contributed by atoms with van der Waals surface area (Å²) in [6.45, 7) is 0. The van der Waals surface area contributed by atoms with E-state index in [4.69, 9.17) is 5.73 Å². The number of hydrazone groups is 2. The number of benzene rings is 1. The first-order valence-corrected chi connectivity index (χ1v) is 5.65. The molecule has 0 saturated carbocycles. The van der Waals surface area contributed by atoms with E-state index in [9.17, 15) is 4.39 Å². The third-order valence-corrected chi connectivity index (χ3v) is 2.75. The van der Waals surface area contributed by atoms with Gasteiger partial charge in [-0.1, -0.05) is 0 Å². The summed E-state index contributed by atoms with van der Waals surface area (Å²) in [6, 6.07) is 4.31. The van der Waals surface area contributed by atoms with Crippen molar-refractivity contribution >= 4 is 37.6 Å². The van der Waals surface area contributed by atoms with Crippen molar-refractivity contribution in [3.8, 4) is 0 Å². The summed E-state index contributed by atoms with van der Waals surface area (Å²) in [4.78, 5) is 3.94. The lowest BCUT2D eigenvalue weighted by atomic mass is 10.3. The summed E-state index contributed by atoms with van der Waals surface area (Å²) in [7, 11) is 4.03. The minimum absolute atomic E-state index is 0.246. The van der Waals surface area contributed by atoms with Crippen molar-refractivity contribution in [2.45, 2.75) is 0 Å². The van der Waals surface area contributed by atoms with E-state index >= 15 is 0 Å². The van der Waals surface area contributed by atoms with Crippen LogP contribution in [-0.2, 0) is 0 Å². The second-order valence-corrected chi connectivity index (χ2v) is 4.11. The fraction of sp³-hybridized carbons (Fsp3) is 0.100. The van der Waals surface area contributed by atoms with Crippen LogP contribution in [0.25, 0.3) is 0 Å². The molecule has 6 nitrogen and oxygen atoms in total. The lowest BCUT2D eigenvalue weighted by Crippen LogP contribution is -2.29. The van der Waals surface area contributed by atoms with Gasteiger partial charge in [0.1, 0.15) is 5.82 Å². The zero-order valence-corrected chi connectivity index (χ0v) is 10.8. The third kappa shape index (κ3) is 2.46. The first-order valence-electron chi connectivity index (χ1n) is 5.07. The fourth-order valence-electron chi connectivity index (χ4n) is 1.36. The molecule has 0 spiro atoms. The summed E-state index contributed by atoms with van der Waals surface area (Å²) in [6.07, 6.45) is 0. The molecule has 0 bridgehead atoms. The quantitative estimate of drug-likeness (QED) is 0.520. The molecule has 2 rings (SSSR count). The Morgan fingerprint density at radius 3 is 2.94 bits per heavy atom. The van der Waals surface area contributed by atoms with Crippen LogP contribution < -0.4 is 21.9 Å². The van der Waals surface area contributed by atoms with Crippen molar-refractivity contribution in [2.75, 3.05) is 12.5 Å². The molecular weight excluding hydrogens is 254 g/mol. The van der Waals surface area contributed by atoms with Gasteiger partial charge in [-0.15, -0.1) is 9.24 Å². The summed E-state index contributed by atoms with van der Waals surface area (Å²) in [5.41, 5.74) is 12.2. The highest BCUT2D eigenvalue weighted by Crippen LogP contribution is 2.09. The molecule has 0 radical (unpaired) electrons. The molecule has 4 N–H and O–H groups in total. The molecule has 1 aliphatic heterocycles. The Balaban J connectivity index is 2.22. The average Bonchev–Trinajstić information content (AvgIpc) is 2.69. The zero-order valence-electron chi connectivity index (χ0n) is 9.61. The number of nitrogens with one attached hydrogen (secondary N) is 2. The molecule has 1 atom stereocenters. The van der Waals surface area contributed by atoms with Crippen LogP contribution in [0.3, 0.4) is 0 Å². The Hall–Kier alpha value is -2.01. The van der Waals surface area contributed by atoms with Gasteiger partial charge in [0.25, 0.3) is 0 Å². The SMILES string of the molecule is C/N=C1/NN=C(N)/C1=N/Nc1ccc(F)cc1P. The third-order valence-electron chi connectivity index (χ3n) is 2.27. The first-order chi connectivity index (χ1) is 8.61. The Kier molecular flexibility index (Phi) is 3.53.